The fraction of sp³-hybridized carbons (Fsp3) is 0.643. The van der Waals surface area contributed by atoms with Gasteiger partial charge in [-0.05, 0) is 39.2 Å². The zero-order valence-corrected chi connectivity index (χ0v) is 11.1. The molecule has 0 amide bonds. The van der Waals surface area contributed by atoms with Crippen molar-refractivity contribution in [3.8, 4) is 0 Å². The smallest absolute Gasteiger partial charge is 0.0953 e. The van der Waals surface area contributed by atoms with Gasteiger partial charge in [-0.3, -0.25) is 0 Å². The summed E-state index contributed by atoms with van der Waals surface area (Å²) in [5, 5.41) is 3.57. The third-order valence-electron chi connectivity index (χ3n) is 3.25. The number of hydrogen-bond acceptors (Lipinski definition) is 2. The van der Waals surface area contributed by atoms with Crippen molar-refractivity contribution in [1.82, 2.24) is 14.9 Å². The van der Waals surface area contributed by atoms with Gasteiger partial charge in [0.25, 0.3) is 0 Å². The van der Waals surface area contributed by atoms with Crippen molar-refractivity contribution in [2.75, 3.05) is 6.54 Å². The maximum absolute atomic E-state index is 4.24. The van der Waals surface area contributed by atoms with E-state index < -0.39 is 0 Å². The summed E-state index contributed by atoms with van der Waals surface area (Å²) in [4.78, 5) is 4.24. The summed E-state index contributed by atoms with van der Waals surface area (Å²) in [6.45, 7) is 7.61. The van der Waals surface area contributed by atoms with Gasteiger partial charge in [0.1, 0.15) is 0 Å². The fourth-order valence-corrected chi connectivity index (χ4v) is 1.91. The second kappa shape index (κ2) is 5.50. The minimum atomic E-state index is 0.471. The van der Waals surface area contributed by atoms with Crippen molar-refractivity contribution in [3.05, 3.63) is 23.8 Å². The Hall–Kier alpha value is -1.09. The lowest BCUT2D eigenvalue weighted by Gasteiger charge is -2.11. The lowest BCUT2D eigenvalue weighted by molar-refractivity contribution is 0.595. The Labute approximate surface area is 104 Å². The standard InChI is InChI=1S/C14H23N3/c1-4-12(8-16-13-5-6-13)7-14-9-15-10-17(14)11(2)3/h7,9-11,13,16H,4-6,8H2,1-3H3. The maximum Gasteiger partial charge on any atom is 0.0953 e. The van der Waals surface area contributed by atoms with Crippen LogP contribution in [0.1, 0.15) is 51.8 Å². The van der Waals surface area contributed by atoms with Crippen molar-refractivity contribution in [3.63, 3.8) is 0 Å². The minimum absolute atomic E-state index is 0.471. The molecule has 3 heteroatoms. The van der Waals surface area contributed by atoms with Crippen molar-refractivity contribution in [2.45, 2.75) is 52.1 Å². The van der Waals surface area contributed by atoms with Gasteiger partial charge in [-0.2, -0.15) is 0 Å². The number of rotatable bonds is 6. The highest BCUT2D eigenvalue weighted by atomic mass is 15.1. The molecule has 0 aliphatic heterocycles. The molecule has 1 aliphatic rings. The summed E-state index contributed by atoms with van der Waals surface area (Å²) in [6.07, 6.45) is 9.94. The van der Waals surface area contributed by atoms with E-state index in [4.69, 9.17) is 0 Å². The third kappa shape index (κ3) is 3.43. The summed E-state index contributed by atoms with van der Waals surface area (Å²) < 4.78 is 2.22. The summed E-state index contributed by atoms with van der Waals surface area (Å²) in [7, 11) is 0. The predicted molar refractivity (Wildman–Crippen MR) is 71.9 cm³/mol. The maximum atomic E-state index is 4.24. The van der Waals surface area contributed by atoms with Gasteiger partial charge in [-0.15, -0.1) is 0 Å². The summed E-state index contributed by atoms with van der Waals surface area (Å²) >= 11 is 0. The average Bonchev–Trinajstić information content (AvgIpc) is 3.01. The fourth-order valence-electron chi connectivity index (χ4n) is 1.91. The highest BCUT2D eigenvalue weighted by molar-refractivity contribution is 5.49. The molecule has 0 saturated heterocycles. The number of hydrogen-bond donors (Lipinski definition) is 1. The second-order valence-corrected chi connectivity index (χ2v) is 5.13. The first-order valence-corrected chi connectivity index (χ1v) is 6.65. The van der Waals surface area contributed by atoms with Crippen molar-refractivity contribution >= 4 is 6.08 Å². The largest absolute Gasteiger partial charge is 0.329 e. The first-order valence-electron chi connectivity index (χ1n) is 6.65. The molecule has 0 bridgehead atoms. The zero-order chi connectivity index (χ0) is 12.3. The molecule has 3 nitrogen and oxygen atoms in total. The lowest BCUT2D eigenvalue weighted by Crippen LogP contribution is -2.19. The van der Waals surface area contributed by atoms with Crippen LogP contribution in [0.2, 0.25) is 0 Å². The van der Waals surface area contributed by atoms with Crippen LogP contribution >= 0.6 is 0 Å². The molecule has 1 aromatic heterocycles. The molecule has 0 aromatic carbocycles. The molecule has 0 spiro atoms. The van der Waals surface area contributed by atoms with Crippen LogP contribution < -0.4 is 5.32 Å². The van der Waals surface area contributed by atoms with Crippen molar-refractivity contribution < 1.29 is 0 Å². The molecule has 2 rings (SSSR count). The van der Waals surface area contributed by atoms with Gasteiger partial charge in [0.15, 0.2) is 0 Å². The monoisotopic (exact) mass is 233 g/mol. The van der Waals surface area contributed by atoms with Crippen LogP contribution in [0.15, 0.2) is 18.1 Å². The van der Waals surface area contributed by atoms with Crippen molar-refractivity contribution in [1.29, 1.82) is 0 Å². The molecule has 0 unspecified atom stereocenters. The van der Waals surface area contributed by atoms with Gasteiger partial charge in [0.2, 0.25) is 0 Å². The van der Waals surface area contributed by atoms with E-state index in [1.54, 1.807) is 0 Å². The van der Waals surface area contributed by atoms with Crippen LogP contribution in [0.4, 0.5) is 0 Å². The van der Waals surface area contributed by atoms with Gasteiger partial charge < -0.3 is 9.88 Å². The SMILES string of the molecule is CCC(=Cc1cncn1C(C)C)CNC1CC1. The number of nitrogens with zero attached hydrogens (tertiary/aromatic N) is 2. The van der Waals surface area contributed by atoms with Gasteiger partial charge >= 0.3 is 0 Å². The summed E-state index contributed by atoms with van der Waals surface area (Å²) in [5.74, 6) is 0. The molecule has 1 aliphatic carbocycles. The highest BCUT2D eigenvalue weighted by Crippen LogP contribution is 2.20. The predicted octanol–water partition coefficient (Wildman–Crippen LogP) is 3.01. The molecular formula is C14H23N3. The van der Waals surface area contributed by atoms with E-state index in [0.717, 1.165) is 19.0 Å². The first kappa shape index (κ1) is 12.4. The Kier molecular flexibility index (Phi) is 4.00. The van der Waals surface area contributed by atoms with Crippen LogP contribution in [0, 0.1) is 0 Å². The van der Waals surface area contributed by atoms with Crippen LogP contribution in [0.5, 0.6) is 0 Å². The van der Waals surface area contributed by atoms with Crippen LogP contribution in [-0.2, 0) is 0 Å². The van der Waals surface area contributed by atoms with E-state index in [9.17, 15) is 0 Å². The minimum Gasteiger partial charge on any atom is -0.329 e. The Morgan fingerprint density at radius 2 is 2.35 bits per heavy atom. The van der Waals surface area contributed by atoms with Crippen molar-refractivity contribution in [2.24, 2.45) is 0 Å². The topological polar surface area (TPSA) is 29.9 Å². The van der Waals surface area contributed by atoms with Gasteiger partial charge in [0, 0.05) is 18.6 Å². The Morgan fingerprint density at radius 1 is 1.59 bits per heavy atom. The number of aromatic nitrogens is 2. The van der Waals surface area contributed by atoms with E-state index in [-0.39, 0.29) is 0 Å². The molecule has 1 N–H and O–H groups in total. The zero-order valence-electron chi connectivity index (χ0n) is 11.1. The molecule has 1 fully saturated rings. The van der Waals surface area contributed by atoms with E-state index in [1.807, 2.05) is 12.5 Å². The van der Waals surface area contributed by atoms with E-state index >= 15 is 0 Å². The molecule has 94 valence electrons. The van der Waals surface area contributed by atoms with E-state index in [2.05, 4.69) is 41.7 Å². The molecule has 1 aromatic rings. The highest BCUT2D eigenvalue weighted by Gasteiger charge is 2.20. The second-order valence-electron chi connectivity index (χ2n) is 5.13. The Bertz CT molecular complexity index is 386. The first-order chi connectivity index (χ1) is 8.20. The molecule has 17 heavy (non-hydrogen) atoms. The molecule has 1 saturated carbocycles. The quantitative estimate of drug-likeness (QED) is 0.818. The van der Waals surface area contributed by atoms with Crippen LogP contribution in [-0.4, -0.2) is 22.1 Å². The molecular weight excluding hydrogens is 210 g/mol. The molecule has 0 atom stereocenters. The average molecular weight is 233 g/mol. The number of nitrogens with one attached hydrogen (secondary N) is 1. The summed E-state index contributed by atoms with van der Waals surface area (Å²) in [5.41, 5.74) is 2.67. The van der Waals surface area contributed by atoms with Gasteiger partial charge in [-0.25, -0.2) is 4.98 Å². The summed E-state index contributed by atoms with van der Waals surface area (Å²) in [6, 6.07) is 1.25. The molecule has 1 heterocycles. The van der Waals surface area contributed by atoms with Crippen LogP contribution in [0.25, 0.3) is 6.08 Å². The van der Waals surface area contributed by atoms with E-state index in [1.165, 1.54) is 24.1 Å². The third-order valence-corrected chi connectivity index (χ3v) is 3.25. The molecule has 0 radical (unpaired) electrons. The Balaban J connectivity index is 2.04. The van der Waals surface area contributed by atoms with Gasteiger partial charge in [-0.1, -0.05) is 12.5 Å². The lowest BCUT2D eigenvalue weighted by atomic mass is 10.1. The van der Waals surface area contributed by atoms with E-state index in [0.29, 0.717) is 6.04 Å². The number of imidazole rings is 1. The normalized spacial score (nSPS) is 16.8. The van der Waals surface area contributed by atoms with Crippen LogP contribution in [0.3, 0.4) is 0 Å². The van der Waals surface area contributed by atoms with Gasteiger partial charge in [0.05, 0.1) is 18.2 Å². The Morgan fingerprint density at radius 3 is 2.94 bits per heavy atom.